The highest BCUT2D eigenvalue weighted by molar-refractivity contribution is 9.10. The third-order valence-corrected chi connectivity index (χ3v) is 4.02. The van der Waals surface area contributed by atoms with E-state index in [-0.39, 0.29) is 5.91 Å². The minimum atomic E-state index is -0.200. The van der Waals surface area contributed by atoms with Gasteiger partial charge in [-0.2, -0.15) is 0 Å². The number of H-pyrrole nitrogens is 1. The first-order valence-corrected chi connectivity index (χ1v) is 7.35. The van der Waals surface area contributed by atoms with Crippen molar-refractivity contribution in [3.63, 3.8) is 0 Å². The summed E-state index contributed by atoms with van der Waals surface area (Å²) in [6, 6.07) is 10.6. The molecule has 4 nitrogen and oxygen atoms in total. The first-order chi connectivity index (χ1) is 10.0. The number of anilines is 2. The minimum absolute atomic E-state index is 0.200. The Balaban J connectivity index is 1.94. The highest BCUT2D eigenvalue weighted by Crippen LogP contribution is 2.27. The molecule has 1 amide bonds. The van der Waals surface area contributed by atoms with Gasteiger partial charge in [-0.3, -0.25) is 4.79 Å². The average molecular weight is 365 g/mol. The van der Waals surface area contributed by atoms with Crippen molar-refractivity contribution in [2.24, 2.45) is 0 Å². The van der Waals surface area contributed by atoms with Crippen LogP contribution in [-0.2, 0) is 0 Å². The molecule has 106 valence electrons. The van der Waals surface area contributed by atoms with Gasteiger partial charge in [0.25, 0.3) is 5.91 Å². The Labute approximate surface area is 134 Å². The van der Waals surface area contributed by atoms with E-state index in [1.54, 1.807) is 36.5 Å². The number of nitrogens with one attached hydrogen (secondary N) is 2. The largest absolute Gasteiger partial charge is 0.399 e. The van der Waals surface area contributed by atoms with Crippen molar-refractivity contribution in [1.82, 2.24) is 4.98 Å². The first kappa shape index (κ1) is 14.0. The second-order valence-corrected chi connectivity index (χ2v) is 5.88. The fourth-order valence-corrected chi connectivity index (χ4v) is 2.89. The van der Waals surface area contributed by atoms with E-state index in [0.717, 1.165) is 15.4 Å². The van der Waals surface area contributed by atoms with Crippen LogP contribution in [0.3, 0.4) is 0 Å². The maximum atomic E-state index is 12.4. The Kier molecular flexibility index (Phi) is 3.61. The molecule has 1 heterocycles. The first-order valence-electron chi connectivity index (χ1n) is 6.17. The number of amides is 1. The Hall–Kier alpha value is -1.98. The summed E-state index contributed by atoms with van der Waals surface area (Å²) in [5, 5.41) is 4.28. The van der Waals surface area contributed by atoms with Gasteiger partial charge in [-0.1, -0.05) is 11.6 Å². The lowest BCUT2D eigenvalue weighted by molar-refractivity contribution is 0.102. The van der Waals surface area contributed by atoms with E-state index in [9.17, 15) is 4.79 Å². The van der Waals surface area contributed by atoms with Crippen LogP contribution in [0.25, 0.3) is 10.9 Å². The molecule has 3 aromatic rings. The molecule has 0 aliphatic rings. The monoisotopic (exact) mass is 363 g/mol. The highest BCUT2D eigenvalue weighted by atomic mass is 79.9. The molecular weight excluding hydrogens is 354 g/mol. The van der Waals surface area contributed by atoms with E-state index < -0.39 is 0 Å². The van der Waals surface area contributed by atoms with Gasteiger partial charge in [0.05, 0.1) is 11.3 Å². The summed E-state index contributed by atoms with van der Waals surface area (Å²) >= 11 is 9.26. The maximum Gasteiger partial charge on any atom is 0.257 e. The molecule has 0 spiro atoms. The van der Waals surface area contributed by atoms with Gasteiger partial charge >= 0.3 is 0 Å². The van der Waals surface area contributed by atoms with Crippen molar-refractivity contribution < 1.29 is 4.79 Å². The van der Waals surface area contributed by atoms with Crippen LogP contribution in [0.5, 0.6) is 0 Å². The number of aromatic nitrogens is 1. The zero-order valence-electron chi connectivity index (χ0n) is 10.8. The topological polar surface area (TPSA) is 70.9 Å². The Bertz CT molecular complexity index is 844. The van der Waals surface area contributed by atoms with Crippen LogP contribution in [-0.4, -0.2) is 10.9 Å². The number of carbonyl (C=O) groups is 1. The van der Waals surface area contributed by atoms with Crippen molar-refractivity contribution >= 4 is 55.7 Å². The van der Waals surface area contributed by atoms with E-state index >= 15 is 0 Å². The summed E-state index contributed by atoms with van der Waals surface area (Å²) in [4.78, 5) is 15.4. The smallest absolute Gasteiger partial charge is 0.257 e. The van der Waals surface area contributed by atoms with Gasteiger partial charge in [-0.05, 0) is 52.3 Å². The van der Waals surface area contributed by atoms with Gasteiger partial charge in [0.15, 0.2) is 0 Å². The number of carbonyl (C=O) groups excluding carboxylic acids is 1. The van der Waals surface area contributed by atoms with Crippen molar-refractivity contribution in [1.29, 1.82) is 0 Å². The third kappa shape index (κ3) is 2.75. The summed E-state index contributed by atoms with van der Waals surface area (Å²) in [7, 11) is 0. The minimum Gasteiger partial charge on any atom is -0.399 e. The number of nitrogen functional groups attached to an aromatic ring is 1. The Morgan fingerprint density at radius 2 is 2.05 bits per heavy atom. The quantitative estimate of drug-likeness (QED) is 0.589. The van der Waals surface area contributed by atoms with E-state index in [2.05, 4.69) is 26.2 Å². The molecule has 4 N–H and O–H groups in total. The van der Waals surface area contributed by atoms with Crippen LogP contribution in [0.2, 0.25) is 5.02 Å². The van der Waals surface area contributed by atoms with Crippen molar-refractivity contribution in [3.8, 4) is 0 Å². The molecule has 1 aromatic heterocycles. The zero-order valence-corrected chi connectivity index (χ0v) is 13.1. The molecule has 3 rings (SSSR count). The van der Waals surface area contributed by atoms with Crippen molar-refractivity contribution in [2.75, 3.05) is 11.1 Å². The predicted molar refractivity (Wildman–Crippen MR) is 89.8 cm³/mol. The maximum absolute atomic E-state index is 12.4. The predicted octanol–water partition coefficient (Wildman–Crippen LogP) is 4.42. The average Bonchev–Trinajstić information content (AvgIpc) is 2.84. The molecule has 0 unspecified atom stereocenters. The van der Waals surface area contributed by atoms with Crippen LogP contribution in [0, 0.1) is 0 Å². The third-order valence-electron chi connectivity index (χ3n) is 3.13. The fourth-order valence-electron chi connectivity index (χ4n) is 2.11. The molecule has 0 fully saturated rings. The van der Waals surface area contributed by atoms with E-state index in [4.69, 9.17) is 17.3 Å². The van der Waals surface area contributed by atoms with Gasteiger partial charge < -0.3 is 16.0 Å². The standard InChI is InChI=1S/C15H11BrClN3O/c16-12-5-8(17)1-4-13(12)20-15(21)11-7-19-14-6-9(18)2-3-10(11)14/h1-7,19H,18H2,(H,20,21). The number of halogens is 2. The molecule has 21 heavy (non-hydrogen) atoms. The van der Waals surface area contributed by atoms with Crippen molar-refractivity contribution in [3.05, 3.63) is 57.7 Å². The van der Waals surface area contributed by atoms with Crippen LogP contribution < -0.4 is 11.1 Å². The number of hydrogen-bond acceptors (Lipinski definition) is 2. The lowest BCUT2D eigenvalue weighted by atomic mass is 10.1. The second kappa shape index (κ2) is 5.42. The molecule has 0 bridgehead atoms. The lowest BCUT2D eigenvalue weighted by Crippen LogP contribution is -2.11. The summed E-state index contributed by atoms with van der Waals surface area (Å²) in [5.41, 5.74) is 8.43. The molecule has 0 atom stereocenters. The van der Waals surface area contributed by atoms with Crippen LogP contribution >= 0.6 is 27.5 Å². The van der Waals surface area contributed by atoms with Gasteiger partial charge in [-0.15, -0.1) is 0 Å². The molecule has 0 saturated heterocycles. The molecule has 0 aliphatic heterocycles. The summed E-state index contributed by atoms with van der Waals surface area (Å²) in [6.45, 7) is 0. The fraction of sp³-hybridized carbons (Fsp3) is 0. The molecule has 0 radical (unpaired) electrons. The number of aromatic amines is 1. The van der Waals surface area contributed by atoms with Gasteiger partial charge in [-0.25, -0.2) is 0 Å². The molecular formula is C15H11BrClN3O. The van der Waals surface area contributed by atoms with E-state index in [0.29, 0.717) is 22.0 Å². The van der Waals surface area contributed by atoms with Gasteiger partial charge in [0, 0.05) is 32.3 Å². The molecule has 0 aliphatic carbocycles. The van der Waals surface area contributed by atoms with Gasteiger partial charge in [0.2, 0.25) is 0 Å². The van der Waals surface area contributed by atoms with Crippen LogP contribution in [0.15, 0.2) is 47.1 Å². The molecule has 6 heteroatoms. The van der Waals surface area contributed by atoms with Crippen LogP contribution in [0.1, 0.15) is 10.4 Å². The van der Waals surface area contributed by atoms with Gasteiger partial charge in [0.1, 0.15) is 0 Å². The van der Waals surface area contributed by atoms with Crippen LogP contribution in [0.4, 0.5) is 11.4 Å². The van der Waals surface area contributed by atoms with Crippen molar-refractivity contribution in [2.45, 2.75) is 0 Å². The summed E-state index contributed by atoms with van der Waals surface area (Å²) < 4.78 is 0.729. The molecule has 2 aromatic carbocycles. The normalized spacial score (nSPS) is 10.8. The lowest BCUT2D eigenvalue weighted by Gasteiger charge is -2.07. The van der Waals surface area contributed by atoms with E-state index in [1.807, 2.05) is 6.07 Å². The van der Waals surface area contributed by atoms with E-state index in [1.165, 1.54) is 0 Å². The summed E-state index contributed by atoms with van der Waals surface area (Å²) in [6.07, 6.45) is 1.67. The summed E-state index contributed by atoms with van der Waals surface area (Å²) in [5.74, 6) is -0.200. The number of hydrogen-bond donors (Lipinski definition) is 3. The highest BCUT2D eigenvalue weighted by Gasteiger charge is 2.13. The number of nitrogens with two attached hydrogens (primary N) is 1. The number of rotatable bonds is 2. The molecule has 0 saturated carbocycles. The Morgan fingerprint density at radius 1 is 1.24 bits per heavy atom. The number of benzene rings is 2. The zero-order chi connectivity index (χ0) is 15.0. The number of fused-ring (bicyclic) bond motifs is 1. The second-order valence-electron chi connectivity index (χ2n) is 4.59. The Morgan fingerprint density at radius 3 is 2.81 bits per heavy atom. The SMILES string of the molecule is Nc1ccc2c(C(=O)Nc3ccc(Cl)cc3Br)c[nH]c2c1.